The second-order valence-corrected chi connectivity index (χ2v) is 0. The van der Waals surface area contributed by atoms with Crippen LogP contribution in [-0.4, -0.2) is 32.9 Å². The molecule has 0 bridgehead atoms. The Morgan fingerprint density at radius 2 is 0.400 bits per heavy atom. The molecule has 0 spiro atoms. The van der Waals surface area contributed by atoms with Crippen LogP contribution in [0.25, 0.3) is 0 Å². The summed E-state index contributed by atoms with van der Waals surface area (Å²) in [5.41, 5.74) is 0. The van der Waals surface area contributed by atoms with E-state index in [9.17, 15) is 0 Å². The molecule has 0 heterocycles. The van der Waals surface area contributed by atoms with E-state index in [0.29, 0.717) is 0 Å². The minimum absolute atomic E-state index is 0. The molecular formula is H13Cl3FeO6. The molecule has 0 radical (unpaired) electrons. The van der Waals surface area contributed by atoms with Gasteiger partial charge in [0.1, 0.15) is 0 Å². The molecule has 10 heteroatoms. The van der Waals surface area contributed by atoms with Gasteiger partial charge in [-0.15, -0.1) is 12.4 Å². The molecule has 0 atom stereocenters. The normalized spacial score (nSPS) is 0. The van der Waals surface area contributed by atoms with Crippen LogP contribution in [0.2, 0.25) is 0 Å². The molecular weight excluding hydrogens is 258 g/mol. The maximum atomic E-state index is 0. The van der Waals surface area contributed by atoms with Crippen LogP contribution < -0.4 is 24.8 Å². The van der Waals surface area contributed by atoms with Crippen LogP contribution in [-0.2, 0) is 17.1 Å². The van der Waals surface area contributed by atoms with Crippen LogP contribution in [0.1, 0.15) is 0 Å². The van der Waals surface area contributed by atoms with E-state index in [1.165, 1.54) is 0 Å². The Hall–Kier alpha value is 1.15. The van der Waals surface area contributed by atoms with Crippen molar-refractivity contribution in [3.63, 3.8) is 0 Å². The molecule has 0 aromatic carbocycles. The topological polar surface area (TPSA) is 189 Å². The largest absolute Gasteiger partial charge is 2.00 e. The van der Waals surface area contributed by atoms with E-state index in [2.05, 4.69) is 0 Å². The third-order valence-electron chi connectivity index (χ3n) is 0. The van der Waals surface area contributed by atoms with Gasteiger partial charge in [-0.3, -0.25) is 0 Å². The molecule has 12 N–H and O–H groups in total. The first-order valence-corrected chi connectivity index (χ1v) is 0. The second-order valence-electron chi connectivity index (χ2n) is 0. The summed E-state index contributed by atoms with van der Waals surface area (Å²) < 4.78 is 0. The first kappa shape index (κ1) is 869. The fraction of sp³-hybridized carbons (Fsp3) is 0. The van der Waals surface area contributed by atoms with Gasteiger partial charge >= 0.3 is 17.1 Å². The Bertz CT molecular complexity index is 13.0. The Balaban J connectivity index is 0. The first-order chi connectivity index (χ1) is 0. The Morgan fingerprint density at radius 1 is 0.400 bits per heavy atom. The van der Waals surface area contributed by atoms with Gasteiger partial charge in [-0.2, -0.15) is 0 Å². The molecule has 0 aliphatic heterocycles. The number of hydrogen-bond donors (Lipinski definition) is 0. The average molecular weight is 271 g/mol. The summed E-state index contributed by atoms with van der Waals surface area (Å²) in [4.78, 5) is 0. The van der Waals surface area contributed by atoms with Gasteiger partial charge in [0.05, 0.1) is 0 Å². The fourth-order valence-electron chi connectivity index (χ4n) is 0. The number of hydrogen-bond acceptors (Lipinski definition) is 0. The predicted octanol–water partition coefficient (Wildman–Crippen LogP) is -10.5. The summed E-state index contributed by atoms with van der Waals surface area (Å²) >= 11 is 0. The van der Waals surface area contributed by atoms with Crippen molar-refractivity contribution in [3.8, 4) is 0 Å². The minimum atomic E-state index is 0. The van der Waals surface area contributed by atoms with Crippen molar-refractivity contribution in [2.24, 2.45) is 0 Å². The smallest absolute Gasteiger partial charge is 1.00 e. The zero-order valence-corrected chi connectivity index (χ0v) is 7.95. The summed E-state index contributed by atoms with van der Waals surface area (Å²) in [6, 6.07) is 0. The van der Waals surface area contributed by atoms with Crippen molar-refractivity contribution in [3.05, 3.63) is 0 Å². The molecule has 6 nitrogen and oxygen atoms in total. The molecule has 0 aromatic heterocycles. The van der Waals surface area contributed by atoms with Crippen LogP contribution >= 0.6 is 12.4 Å². The van der Waals surface area contributed by atoms with Crippen molar-refractivity contribution in [2.75, 3.05) is 0 Å². The van der Waals surface area contributed by atoms with E-state index in [1.807, 2.05) is 0 Å². The molecule has 0 aliphatic rings. The zero-order valence-electron chi connectivity index (χ0n) is 4.52. The van der Waals surface area contributed by atoms with Crippen molar-refractivity contribution in [1.82, 2.24) is 0 Å². The van der Waals surface area contributed by atoms with Gasteiger partial charge in [0.25, 0.3) is 0 Å². The monoisotopic (exact) mass is 270 g/mol. The summed E-state index contributed by atoms with van der Waals surface area (Å²) in [5.74, 6) is 0. The summed E-state index contributed by atoms with van der Waals surface area (Å²) in [7, 11) is 0. The SMILES string of the molecule is Cl.O.O.O.O.O.O.[Cl-].[Cl-].[Fe+2]. The van der Waals surface area contributed by atoms with Crippen molar-refractivity contribution < 1.29 is 74.7 Å². The molecule has 0 fully saturated rings. The molecule has 0 rings (SSSR count). The van der Waals surface area contributed by atoms with E-state index < -0.39 is 0 Å². The van der Waals surface area contributed by atoms with Crippen LogP contribution in [0.3, 0.4) is 0 Å². The second kappa shape index (κ2) is 643. The van der Waals surface area contributed by atoms with Gasteiger partial charge in [-0.25, -0.2) is 0 Å². The number of rotatable bonds is 0. The van der Waals surface area contributed by atoms with Gasteiger partial charge < -0.3 is 57.7 Å². The Kier molecular flexibility index (Phi) is 55900. The van der Waals surface area contributed by atoms with Crippen molar-refractivity contribution >= 4 is 12.4 Å². The summed E-state index contributed by atoms with van der Waals surface area (Å²) in [6.07, 6.45) is 0. The summed E-state index contributed by atoms with van der Waals surface area (Å²) in [5, 5.41) is 0. The molecule has 0 saturated carbocycles. The zero-order chi connectivity index (χ0) is 0. The van der Waals surface area contributed by atoms with E-state index in [0.717, 1.165) is 0 Å². The molecule has 0 aliphatic carbocycles. The third-order valence-corrected chi connectivity index (χ3v) is 0. The standard InChI is InChI=1S/3ClH.Fe.6H2O/h3*1H;;6*1H2/q;;;+2;;;;;;/p-2. The van der Waals surface area contributed by atoms with E-state index in [4.69, 9.17) is 0 Å². The molecule has 0 saturated heterocycles. The van der Waals surface area contributed by atoms with Crippen molar-refractivity contribution in [2.45, 2.75) is 0 Å². The van der Waals surface area contributed by atoms with Gasteiger partial charge in [0.15, 0.2) is 0 Å². The van der Waals surface area contributed by atoms with Crippen LogP contribution in [0.15, 0.2) is 0 Å². The van der Waals surface area contributed by atoms with E-state index in [1.54, 1.807) is 0 Å². The average Bonchev–Trinajstić information content (AvgIpc) is 0. The fourth-order valence-corrected chi connectivity index (χ4v) is 0. The van der Waals surface area contributed by atoms with Crippen LogP contribution in [0.4, 0.5) is 0 Å². The minimum Gasteiger partial charge on any atom is -1.00 e. The third kappa shape index (κ3) is 460. The van der Waals surface area contributed by atoms with Gasteiger partial charge in [0, 0.05) is 0 Å². The Labute approximate surface area is 87.3 Å². The first-order valence-electron chi connectivity index (χ1n) is 0. The summed E-state index contributed by atoms with van der Waals surface area (Å²) in [6.45, 7) is 0. The van der Waals surface area contributed by atoms with E-state index in [-0.39, 0.29) is 87.1 Å². The maximum Gasteiger partial charge on any atom is 2.00 e. The van der Waals surface area contributed by atoms with Crippen molar-refractivity contribution in [1.29, 1.82) is 0 Å². The van der Waals surface area contributed by atoms with Crippen LogP contribution in [0.5, 0.6) is 0 Å². The number of halogens is 3. The quantitative estimate of drug-likeness (QED) is 0.378. The Morgan fingerprint density at radius 3 is 0.400 bits per heavy atom. The predicted molar refractivity (Wildman–Crippen MR) is 28.9 cm³/mol. The maximum absolute atomic E-state index is 0. The van der Waals surface area contributed by atoms with E-state index >= 15 is 0 Å². The molecule has 10 heavy (non-hydrogen) atoms. The van der Waals surface area contributed by atoms with Crippen LogP contribution in [0, 0.1) is 0 Å². The molecule has 0 aromatic rings. The van der Waals surface area contributed by atoms with Gasteiger partial charge in [-0.05, 0) is 0 Å². The van der Waals surface area contributed by atoms with Gasteiger partial charge in [-0.1, -0.05) is 0 Å². The molecule has 78 valence electrons. The molecule has 0 amide bonds. The molecule has 0 unspecified atom stereocenters. The van der Waals surface area contributed by atoms with Gasteiger partial charge in [0.2, 0.25) is 0 Å².